The zero-order valence-corrected chi connectivity index (χ0v) is 24.4. The van der Waals surface area contributed by atoms with Crippen molar-refractivity contribution >= 4 is 19.2 Å². The maximum atomic E-state index is 12.5. The lowest BCUT2D eigenvalue weighted by Crippen LogP contribution is -2.60. The fourth-order valence-electron chi connectivity index (χ4n) is 4.56. The standard InChI is InChI=1S/C28H45BN2O8/c1-18(2)8-11-24-28(6,7)39-29(38-24)13-12-19-9-10-20(14-23(19)36-26(34)37-27(3,4)5)35-21-15-31(16-21)25(33)22(30)17-32/h9-10,14,18,21-22,24,32H,8,11-13,15-17,30H2,1-7H3. The predicted octanol–water partition coefficient (Wildman–Crippen LogP) is 3.57. The number of carbonyl (C=O) groups is 2. The lowest BCUT2D eigenvalue weighted by molar-refractivity contribution is -0.142. The summed E-state index contributed by atoms with van der Waals surface area (Å²) in [6, 6.07) is 4.40. The van der Waals surface area contributed by atoms with Gasteiger partial charge < -0.3 is 39.3 Å². The third-order valence-corrected chi connectivity index (χ3v) is 6.78. The lowest BCUT2D eigenvalue weighted by Gasteiger charge is -2.40. The number of nitrogens with two attached hydrogens (primary N) is 1. The number of hydrogen-bond donors (Lipinski definition) is 2. The molecule has 39 heavy (non-hydrogen) atoms. The molecule has 2 saturated heterocycles. The number of carbonyl (C=O) groups excluding carboxylic acids is 2. The summed E-state index contributed by atoms with van der Waals surface area (Å²) in [7, 11) is -0.355. The van der Waals surface area contributed by atoms with Gasteiger partial charge in [-0.3, -0.25) is 4.79 Å². The molecule has 2 fully saturated rings. The van der Waals surface area contributed by atoms with E-state index in [2.05, 4.69) is 27.7 Å². The number of likely N-dealkylation sites (tertiary alicyclic amines) is 1. The van der Waals surface area contributed by atoms with Crippen LogP contribution in [0.3, 0.4) is 0 Å². The number of benzene rings is 1. The van der Waals surface area contributed by atoms with Crippen molar-refractivity contribution in [3.8, 4) is 11.5 Å². The van der Waals surface area contributed by atoms with E-state index >= 15 is 0 Å². The summed E-state index contributed by atoms with van der Waals surface area (Å²) in [5, 5.41) is 9.10. The topological polar surface area (TPSA) is 130 Å². The summed E-state index contributed by atoms with van der Waals surface area (Å²) in [4.78, 5) is 26.1. The Morgan fingerprint density at radius 1 is 1.26 bits per heavy atom. The average molecular weight is 548 g/mol. The first-order chi connectivity index (χ1) is 18.2. The summed E-state index contributed by atoms with van der Waals surface area (Å²) < 4.78 is 29.5. The second kappa shape index (κ2) is 12.9. The number of amides is 1. The minimum atomic E-state index is -0.928. The van der Waals surface area contributed by atoms with Gasteiger partial charge >= 0.3 is 13.3 Å². The SMILES string of the molecule is CC(C)CCC1OB(CCc2ccc(OC3CN(C(=O)C(N)CO)C3)cc2OC(=O)OC(C)(C)C)OC1(C)C. The molecule has 218 valence electrons. The number of rotatable bonds is 11. The van der Waals surface area contributed by atoms with Gasteiger partial charge in [0.1, 0.15) is 29.2 Å². The zero-order valence-electron chi connectivity index (χ0n) is 24.4. The summed E-state index contributed by atoms with van der Waals surface area (Å²) in [6.45, 7) is 14.2. The van der Waals surface area contributed by atoms with Crippen LogP contribution in [0.1, 0.15) is 66.9 Å². The van der Waals surface area contributed by atoms with E-state index in [4.69, 9.17) is 34.4 Å². The second-order valence-corrected chi connectivity index (χ2v) is 12.4. The van der Waals surface area contributed by atoms with Gasteiger partial charge in [-0.25, -0.2) is 4.79 Å². The van der Waals surface area contributed by atoms with E-state index in [0.717, 1.165) is 18.4 Å². The Kier molecular flexibility index (Phi) is 10.3. The van der Waals surface area contributed by atoms with Crippen molar-refractivity contribution in [1.29, 1.82) is 0 Å². The minimum absolute atomic E-state index is 0.0269. The monoisotopic (exact) mass is 548 g/mol. The first-order valence-corrected chi connectivity index (χ1v) is 13.9. The zero-order chi connectivity index (χ0) is 29.0. The summed E-state index contributed by atoms with van der Waals surface area (Å²) in [6.07, 6.45) is 2.15. The molecule has 3 rings (SSSR count). The Hall–Kier alpha value is -2.34. The van der Waals surface area contributed by atoms with Gasteiger partial charge in [0.2, 0.25) is 5.91 Å². The maximum absolute atomic E-state index is 12.5. The molecular weight excluding hydrogens is 503 g/mol. The molecule has 2 heterocycles. The fraction of sp³-hybridized carbons (Fsp3) is 0.714. The van der Waals surface area contributed by atoms with Gasteiger partial charge in [-0.15, -0.1) is 0 Å². The Morgan fingerprint density at radius 2 is 1.95 bits per heavy atom. The van der Waals surface area contributed by atoms with Crippen LogP contribution < -0.4 is 15.2 Å². The van der Waals surface area contributed by atoms with E-state index in [1.54, 1.807) is 26.8 Å². The van der Waals surface area contributed by atoms with Crippen LogP contribution in [-0.4, -0.2) is 78.3 Å². The summed E-state index contributed by atoms with van der Waals surface area (Å²) >= 11 is 0. The smallest absolute Gasteiger partial charge is 0.487 e. The molecule has 0 aliphatic carbocycles. The molecule has 2 unspecified atom stereocenters. The Morgan fingerprint density at radius 3 is 2.56 bits per heavy atom. The second-order valence-electron chi connectivity index (χ2n) is 12.4. The van der Waals surface area contributed by atoms with Crippen LogP contribution in [0.5, 0.6) is 11.5 Å². The first kappa shape index (κ1) is 31.2. The van der Waals surface area contributed by atoms with Crippen LogP contribution in [-0.2, 0) is 25.3 Å². The van der Waals surface area contributed by atoms with Crippen LogP contribution in [0, 0.1) is 5.92 Å². The van der Waals surface area contributed by atoms with Gasteiger partial charge in [-0.1, -0.05) is 19.9 Å². The molecule has 1 aromatic rings. The van der Waals surface area contributed by atoms with E-state index in [0.29, 0.717) is 43.2 Å². The first-order valence-electron chi connectivity index (χ1n) is 13.9. The molecule has 10 nitrogen and oxygen atoms in total. The van der Waals surface area contributed by atoms with Gasteiger partial charge in [-0.05, 0) is 77.7 Å². The third-order valence-electron chi connectivity index (χ3n) is 6.78. The van der Waals surface area contributed by atoms with Crippen molar-refractivity contribution < 1.29 is 38.2 Å². The van der Waals surface area contributed by atoms with Crippen molar-refractivity contribution in [2.75, 3.05) is 19.7 Å². The van der Waals surface area contributed by atoms with E-state index in [-0.39, 0.29) is 30.8 Å². The molecule has 0 spiro atoms. The molecule has 2 atom stereocenters. The number of aryl methyl sites for hydroxylation is 1. The molecule has 2 aliphatic heterocycles. The fourth-order valence-corrected chi connectivity index (χ4v) is 4.56. The number of nitrogens with zero attached hydrogens (tertiary/aromatic N) is 1. The number of aliphatic hydroxyl groups excluding tert-OH is 1. The van der Waals surface area contributed by atoms with Crippen LogP contribution >= 0.6 is 0 Å². The van der Waals surface area contributed by atoms with Gasteiger partial charge in [-0.2, -0.15) is 0 Å². The van der Waals surface area contributed by atoms with Gasteiger partial charge in [0.25, 0.3) is 0 Å². The Bertz CT molecular complexity index is 990. The highest BCUT2D eigenvalue weighted by atomic mass is 16.7. The molecular formula is C28H45BN2O8. The highest BCUT2D eigenvalue weighted by molar-refractivity contribution is 6.45. The summed E-state index contributed by atoms with van der Waals surface area (Å²) in [5.41, 5.74) is 5.34. The molecule has 0 bridgehead atoms. The Balaban J connectivity index is 1.65. The van der Waals surface area contributed by atoms with Crippen molar-refractivity contribution in [1.82, 2.24) is 4.90 Å². The lowest BCUT2D eigenvalue weighted by atomic mass is 9.81. The quantitative estimate of drug-likeness (QED) is 0.242. The van der Waals surface area contributed by atoms with Crippen LogP contribution in [0.4, 0.5) is 4.79 Å². The van der Waals surface area contributed by atoms with Gasteiger partial charge in [0.05, 0.1) is 31.4 Å². The van der Waals surface area contributed by atoms with Gasteiger partial charge in [0.15, 0.2) is 0 Å². The average Bonchev–Trinajstić information content (AvgIpc) is 3.09. The Labute approximate surface area is 232 Å². The number of ether oxygens (including phenoxy) is 3. The van der Waals surface area contributed by atoms with Crippen molar-refractivity contribution in [2.45, 2.75) is 104 Å². The van der Waals surface area contributed by atoms with Crippen LogP contribution in [0.2, 0.25) is 6.32 Å². The third kappa shape index (κ3) is 9.09. The molecule has 0 radical (unpaired) electrons. The van der Waals surface area contributed by atoms with Crippen LogP contribution in [0.25, 0.3) is 0 Å². The number of aliphatic hydroxyl groups is 1. The minimum Gasteiger partial charge on any atom is -0.487 e. The molecule has 0 saturated carbocycles. The molecule has 3 N–H and O–H groups in total. The highest BCUT2D eigenvalue weighted by Crippen LogP contribution is 2.35. The predicted molar refractivity (Wildman–Crippen MR) is 148 cm³/mol. The van der Waals surface area contributed by atoms with E-state index < -0.39 is 24.4 Å². The molecule has 1 aromatic carbocycles. The maximum Gasteiger partial charge on any atom is 0.514 e. The van der Waals surface area contributed by atoms with Crippen molar-refractivity contribution in [3.63, 3.8) is 0 Å². The van der Waals surface area contributed by atoms with E-state index in [9.17, 15) is 9.59 Å². The molecule has 1 amide bonds. The van der Waals surface area contributed by atoms with E-state index in [1.165, 1.54) is 4.90 Å². The van der Waals surface area contributed by atoms with Crippen molar-refractivity contribution in [2.24, 2.45) is 11.7 Å². The molecule has 2 aliphatic rings. The number of hydrogen-bond acceptors (Lipinski definition) is 9. The van der Waals surface area contributed by atoms with Crippen LogP contribution in [0.15, 0.2) is 18.2 Å². The molecule has 0 aromatic heterocycles. The summed E-state index contributed by atoms with van der Waals surface area (Å²) in [5.74, 6) is 1.13. The largest absolute Gasteiger partial charge is 0.514 e. The van der Waals surface area contributed by atoms with Gasteiger partial charge in [0, 0.05) is 6.07 Å². The van der Waals surface area contributed by atoms with E-state index in [1.807, 2.05) is 12.1 Å². The van der Waals surface area contributed by atoms with Crippen molar-refractivity contribution in [3.05, 3.63) is 23.8 Å². The highest BCUT2D eigenvalue weighted by Gasteiger charge is 2.44. The molecule has 11 heteroatoms. The normalized spacial score (nSPS) is 20.1.